The minimum atomic E-state index is -8.68. The third kappa shape index (κ3) is 11.3. The lowest BCUT2D eigenvalue weighted by molar-refractivity contribution is -0.461. The van der Waals surface area contributed by atoms with Crippen LogP contribution in [0.15, 0.2) is 48.1 Å². The van der Waals surface area contributed by atoms with E-state index in [1.807, 2.05) is 6.08 Å². The number of aliphatic hydroxyl groups excluding tert-OH is 1. The molecule has 1 aromatic rings. The van der Waals surface area contributed by atoms with E-state index in [9.17, 15) is 84.5 Å². The van der Waals surface area contributed by atoms with Gasteiger partial charge in [0, 0.05) is 12.5 Å². The van der Waals surface area contributed by atoms with Crippen LogP contribution in [0.3, 0.4) is 0 Å². The van der Waals surface area contributed by atoms with Crippen molar-refractivity contribution in [2.45, 2.75) is 139 Å². The van der Waals surface area contributed by atoms with E-state index in [0.717, 1.165) is 0 Å². The normalized spacial score (nSPS) is 15.9. The van der Waals surface area contributed by atoms with Gasteiger partial charge in [-0.2, -0.15) is 74.6 Å². The van der Waals surface area contributed by atoms with Crippen molar-refractivity contribution < 1.29 is 98.4 Å². The molecule has 0 aliphatic rings. The predicted octanol–water partition coefficient (Wildman–Crippen LogP) is 12.8. The molecular formula is C37H47F17O5Si. The zero-order valence-corrected chi connectivity index (χ0v) is 34.3. The van der Waals surface area contributed by atoms with Crippen molar-refractivity contribution in [1.29, 1.82) is 0 Å². The van der Waals surface area contributed by atoms with Crippen molar-refractivity contribution in [2.24, 2.45) is 5.92 Å². The molecular weight excluding hydrogens is 875 g/mol. The van der Waals surface area contributed by atoms with E-state index in [4.69, 9.17) is 13.9 Å². The number of ether oxygens (including phenoxy) is 2. The van der Waals surface area contributed by atoms with Gasteiger partial charge >= 0.3 is 53.6 Å². The maximum Gasteiger partial charge on any atom is 0.460 e. The predicted molar refractivity (Wildman–Crippen MR) is 187 cm³/mol. The van der Waals surface area contributed by atoms with Crippen molar-refractivity contribution in [2.75, 3.05) is 19.8 Å². The molecule has 2 atom stereocenters. The van der Waals surface area contributed by atoms with Crippen molar-refractivity contribution in [3.63, 3.8) is 0 Å². The first kappa shape index (κ1) is 54.9. The minimum Gasteiger partial charge on any atom is -0.491 e. The Kier molecular flexibility index (Phi) is 18.3. The molecule has 0 fully saturated rings. The summed E-state index contributed by atoms with van der Waals surface area (Å²) in [6.07, 6.45) is -5.27. The molecule has 23 heteroatoms. The molecule has 1 rings (SSSR count). The van der Waals surface area contributed by atoms with Crippen molar-refractivity contribution in [3.05, 3.63) is 53.6 Å². The van der Waals surface area contributed by atoms with Gasteiger partial charge in [0.05, 0.1) is 19.3 Å². The molecule has 5 nitrogen and oxygen atoms in total. The number of hydrogen-bond donors (Lipinski definition) is 1. The fraction of sp³-hybridized carbons (Fsp3) is 0.703. The molecule has 0 amide bonds. The van der Waals surface area contributed by atoms with Crippen LogP contribution in [0, 0.1) is 5.92 Å². The average molecular weight is 923 g/mol. The molecule has 0 saturated carbocycles. The summed E-state index contributed by atoms with van der Waals surface area (Å²) in [5.41, 5.74) is -0.531. The van der Waals surface area contributed by atoms with E-state index in [1.54, 1.807) is 26.8 Å². The maximum atomic E-state index is 14.9. The van der Waals surface area contributed by atoms with Crippen LogP contribution in [0.1, 0.15) is 79.4 Å². The minimum absolute atomic E-state index is 0.195. The molecule has 60 heavy (non-hydrogen) atoms. The second kappa shape index (κ2) is 20.0. The summed E-state index contributed by atoms with van der Waals surface area (Å²) in [5, 5.41) is 10.8. The number of alkyl halides is 17. The number of aliphatic hydroxyl groups is 1. The Hall–Kier alpha value is -3.08. The molecule has 0 heterocycles. The van der Waals surface area contributed by atoms with Crippen LogP contribution in [0.4, 0.5) is 74.6 Å². The van der Waals surface area contributed by atoms with Crippen LogP contribution in [0.5, 0.6) is 5.75 Å². The number of esters is 1. The Morgan fingerprint density at radius 1 is 0.717 bits per heavy atom. The van der Waals surface area contributed by atoms with E-state index in [1.165, 1.54) is 58.0 Å². The molecule has 348 valence electrons. The van der Waals surface area contributed by atoms with Crippen molar-refractivity contribution >= 4 is 14.3 Å². The lowest BCUT2D eigenvalue weighted by Gasteiger charge is -2.44. The lowest BCUT2D eigenvalue weighted by atomic mass is 9.88. The number of carbonyl (C=O) groups excluding carboxylic acids is 1. The molecule has 0 bridgehead atoms. The largest absolute Gasteiger partial charge is 0.491 e. The zero-order chi connectivity index (χ0) is 47.1. The first-order valence-corrected chi connectivity index (χ1v) is 20.5. The highest BCUT2D eigenvalue weighted by atomic mass is 28.4. The molecule has 0 radical (unpaired) electrons. The third-order valence-corrected chi connectivity index (χ3v) is 15.5. The first-order valence-electron chi connectivity index (χ1n) is 18.2. The Labute approximate surface area is 336 Å². The van der Waals surface area contributed by atoms with Crippen molar-refractivity contribution in [1.82, 2.24) is 0 Å². The van der Waals surface area contributed by atoms with Gasteiger partial charge in [0.25, 0.3) is 0 Å². The Bertz CT molecular complexity index is 1590. The van der Waals surface area contributed by atoms with Gasteiger partial charge in [-0.25, -0.2) is 4.79 Å². The van der Waals surface area contributed by atoms with E-state index in [2.05, 4.69) is 0 Å². The quantitative estimate of drug-likeness (QED) is 0.0279. The van der Waals surface area contributed by atoms with E-state index in [0.29, 0.717) is 24.0 Å². The summed E-state index contributed by atoms with van der Waals surface area (Å²) in [4.78, 5) is 11.5. The molecule has 0 spiro atoms. The van der Waals surface area contributed by atoms with Gasteiger partial charge in [0.1, 0.15) is 12.4 Å². The Morgan fingerprint density at radius 2 is 1.18 bits per heavy atom. The SMILES string of the molecule is CCOC(=O)/C=C(C)/C=C/CC[C@@H](C)[C@@H](O)c1ccc(OCCO[Si](CCC(F)(F)C(F)(F)C(F)(F)C(F)(F)C(F)(F)C(F)(F)C(F)(F)C(F)(F)F)(C(C)C)C(C)C)cc1. The van der Waals surface area contributed by atoms with Crippen LogP contribution in [0.2, 0.25) is 17.1 Å². The standard InChI is InChI=1S/C37H47F17O5Si/c1-8-57-28(55)21-24(6)11-9-10-12-25(7)29(56)26-13-15-27(16-14-26)58-18-19-59-60(22(2)3,23(4)5)20-17-30(38,39)31(40,41)32(42,43)33(44,45)34(46,47)35(48,49)36(50,51)37(52,53)54/h9,11,13-16,21-23,25,29,56H,8,10,12,17-20H2,1-7H3/b11-9+,24-21+/t25-,29-/m1/s1. The third-order valence-electron chi connectivity index (χ3n) is 9.86. The second-order valence-corrected chi connectivity index (χ2v) is 19.7. The number of halogens is 17. The number of hydrogen-bond acceptors (Lipinski definition) is 5. The van der Waals surface area contributed by atoms with Gasteiger partial charge in [-0.05, 0) is 73.0 Å². The van der Waals surface area contributed by atoms with Crippen LogP contribution in [-0.2, 0) is 14.0 Å². The monoisotopic (exact) mass is 922 g/mol. The first-order chi connectivity index (χ1) is 27.0. The van der Waals surface area contributed by atoms with Gasteiger partial charge in [-0.15, -0.1) is 0 Å². The smallest absolute Gasteiger partial charge is 0.460 e. The molecule has 1 N–H and O–H groups in total. The number of allylic oxidation sites excluding steroid dienone is 3. The van der Waals surface area contributed by atoms with Crippen LogP contribution < -0.4 is 4.74 Å². The van der Waals surface area contributed by atoms with Gasteiger partial charge in [-0.3, -0.25) is 0 Å². The molecule has 0 aliphatic heterocycles. The summed E-state index contributed by atoms with van der Waals surface area (Å²) in [5.74, 6) is -57.2. The Morgan fingerprint density at radius 3 is 1.63 bits per heavy atom. The van der Waals surface area contributed by atoms with E-state index in [-0.39, 0.29) is 24.9 Å². The van der Waals surface area contributed by atoms with Crippen molar-refractivity contribution in [3.8, 4) is 5.75 Å². The van der Waals surface area contributed by atoms with Crippen LogP contribution >= 0.6 is 0 Å². The van der Waals surface area contributed by atoms with Gasteiger partial charge in [0.15, 0.2) is 8.32 Å². The molecule has 0 saturated heterocycles. The molecule has 0 aliphatic carbocycles. The van der Waals surface area contributed by atoms with Gasteiger partial charge in [0.2, 0.25) is 0 Å². The zero-order valence-electron chi connectivity index (χ0n) is 33.3. The number of benzene rings is 1. The average Bonchev–Trinajstić information content (AvgIpc) is 3.11. The lowest BCUT2D eigenvalue weighted by Crippen LogP contribution is -2.74. The highest BCUT2D eigenvalue weighted by molar-refractivity contribution is 6.76. The van der Waals surface area contributed by atoms with Crippen LogP contribution in [-0.4, -0.2) is 86.8 Å². The highest BCUT2D eigenvalue weighted by Gasteiger charge is 2.95. The summed E-state index contributed by atoms with van der Waals surface area (Å²) in [6.45, 7) is 9.92. The molecule has 1 aromatic carbocycles. The molecule has 0 aromatic heterocycles. The highest BCUT2D eigenvalue weighted by Crippen LogP contribution is 2.64. The summed E-state index contributed by atoms with van der Waals surface area (Å²) >= 11 is 0. The fourth-order valence-corrected chi connectivity index (χ4v) is 10.5. The summed E-state index contributed by atoms with van der Waals surface area (Å²) in [7, 11) is -3.94. The molecule has 0 unspecified atom stereocenters. The van der Waals surface area contributed by atoms with E-state index >= 15 is 0 Å². The summed E-state index contributed by atoms with van der Waals surface area (Å²) in [6, 6.07) is 4.66. The topological polar surface area (TPSA) is 65.0 Å². The second-order valence-electron chi connectivity index (χ2n) is 14.7. The van der Waals surface area contributed by atoms with Gasteiger partial charge < -0.3 is 19.0 Å². The fourth-order valence-electron chi connectivity index (χ4n) is 6.04. The van der Waals surface area contributed by atoms with E-state index < -0.39 is 98.2 Å². The summed E-state index contributed by atoms with van der Waals surface area (Å²) < 4.78 is 251. The van der Waals surface area contributed by atoms with Crippen LogP contribution in [0.25, 0.3) is 0 Å². The number of carbonyl (C=O) groups is 1. The number of rotatable bonds is 24. The Balaban J connectivity index is 3.10. The van der Waals surface area contributed by atoms with Gasteiger partial charge in [-0.1, -0.05) is 58.9 Å². The maximum absolute atomic E-state index is 14.9.